The summed E-state index contributed by atoms with van der Waals surface area (Å²) in [5.74, 6) is -1.61. The Hall–Kier alpha value is -2.04. The van der Waals surface area contributed by atoms with Crippen LogP contribution in [0.3, 0.4) is 0 Å². The largest absolute Gasteiger partial charge is 0.481 e. The average Bonchev–Trinajstić information content (AvgIpc) is 3.40. The molecule has 1 aliphatic heterocycles. The van der Waals surface area contributed by atoms with Crippen molar-refractivity contribution in [2.75, 3.05) is 6.54 Å². The zero-order chi connectivity index (χ0) is 18.4. The highest BCUT2D eigenvalue weighted by molar-refractivity contribution is 6.34. The summed E-state index contributed by atoms with van der Waals surface area (Å²) in [5.41, 5.74) is 2.67. The molecule has 1 aliphatic carbocycles. The lowest BCUT2D eigenvalue weighted by Crippen LogP contribution is -2.41. The Balaban J connectivity index is 1.54. The lowest BCUT2D eigenvalue weighted by atomic mass is 9.89. The van der Waals surface area contributed by atoms with E-state index in [0.717, 1.165) is 23.1 Å². The number of amides is 1. The van der Waals surface area contributed by atoms with Gasteiger partial charge in [-0.1, -0.05) is 47.5 Å². The molecule has 134 valence electrons. The Bertz CT molecular complexity index is 878. The van der Waals surface area contributed by atoms with Crippen molar-refractivity contribution >= 4 is 35.1 Å². The average molecular weight is 390 g/mol. The van der Waals surface area contributed by atoms with Crippen LogP contribution in [0.25, 0.3) is 0 Å². The highest BCUT2D eigenvalue weighted by atomic mass is 35.5. The monoisotopic (exact) mass is 389 g/mol. The molecule has 2 aliphatic rings. The summed E-state index contributed by atoms with van der Waals surface area (Å²) < 4.78 is 0. The first-order valence-corrected chi connectivity index (χ1v) is 9.25. The molecule has 3 unspecified atom stereocenters. The Labute approximate surface area is 161 Å². The first-order valence-electron chi connectivity index (χ1n) is 8.49. The summed E-state index contributed by atoms with van der Waals surface area (Å²) in [6.45, 7) is 0.670. The number of carbonyl (C=O) groups is 2. The second-order valence-electron chi connectivity index (χ2n) is 6.96. The zero-order valence-electron chi connectivity index (χ0n) is 13.9. The standard InChI is InChI=1S/C20H17Cl2NO3/c21-13-5-12(6-14(22)7-13)16-8-17(16)19(24)23-9-11-3-1-2-4-15(11)18(10-23)20(25)26/h1-7,16-18H,8-10H2,(H,25,26). The minimum atomic E-state index is -0.899. The van der Waals surface area contributed by atoms with Crippen LogP contribution >= 0.6 is 23.2 Å². The van der Waals surface area contributed by atoms with Gasteiger partial charge in [-0.2, -0.15) is 0 Å². The molecule has 1 N–H and O–H groups in total. The van der Waals surface area contributed by atoms with Gasteiger partial charge in [0.15, 0.2) is 0 Å². The number of halogens is 2. The Kier molecular flexibility index (Phi) is 4.41. The van der Waals surface area contributed by atoms with Gasteiger partial charge >= 0.3 is 5.97 Å². The van der Waals surface area contributed by atoms with Gasteiger partial charge in [0.2, 0.25) is 5.91 Å². The maximum absolute atomic E-state index is 13.0. The minimum absolute atomic E-state index is 0.00634. The number of fused-ring (bicyclic) bond motifs is 1. The SMILES string of the molecule is O=C(O)C1CN(C(=O)C2CC2c2cc(Cl)cc(Cl)c2)Cc2ccccc21. The summed E-state index contributed by atoms with van der Waals surface area (Å²) in [6, 6.07) is 12.8. The van der Waals surface area contributed by atoms with Crippen molar-refractivity contribution < 1.29 is 14.7 Å². The van der Waals surface area contributed by atoms with Crippen molar-refractivity contribution in [2.24, 2.45) is 5.92 Å². The number of carbonyl (C=O) groups excluding carboxylic acids is 1. The van der Waals surface area contributed by atoms with Crippen molar-refractivity contribution in [1.82, 2.24) is 4.90 Å². The Morgan fingerprint density at radius 3 is 2.46 bits per heavy atom. The van der Waals surface area contributed by atoms with Crippen LogP contribution in [0.15, 0.2) is 42.5 Å². The van der Waals surface area contributed by atoms with E-state index in [9.17, 15) is 14.7 Å². The van der Waals surface area contributed by atoms with E-state index in [4.69, 9.17) is 23.2 Å². The summed E-state index contributed by atoms with van der Waals surface area (Å²) in [4.78, 5) is 26.3. The van der Waals surface area contributed by atoms with Gasteiger partial charge in [-0.15, -0.1) is 0 Å². The molecular formula is C20H17Cl2NO3. The minimum Gasteiger partial charge on any atom is -0.481 e. The van der Waals surface area contributed by atoms with Crippen LogP contribution in [-0.2, 0) is 16.1 Å². The van der Waals surface area contributed by atoms with E-state index in [0.29, 0.717) is 16.6 Å². The molecule has 3 atom stereocenters. The normalized spacial score (nSPS) is 24.1. The molecule has 4 rings (SSSR count). The fourth-order valence-electron chi connectivity index (χ4n) is 3.85. The van der Waals surface area contributed by atoms with Crippen molar-refractivity contribution in [1.29, 1.82) is 0 Å². The van der Waals surface area contributed by atoms with E-state index < -0.39 is 11.9 Å². The van der Waals surface area contributed by atoms with Crippen LogP contribution < -0.4 is 0 Å². The van der Waals surface area contributed by atoms with Gasteiger partial charge in [-0.05, 0) is 47.2 Å². The van der Waals surface area contributed by atoms with Gasteiger partial charge < -0.3 is 10.0 Å². The van der Waals surface area contributed by atoms with Crippen LogP contribution in [-0.4, -0.2) is 28.4 Å². The predicted molar refractivity (Wildman–Crippen MR) is 99.5 cm³/mol. The van der Waals surface area contributed by atoms with Crippen molar-refractivity contribution in [3.05, 3.63) is 69.2 Å². The second kappa shape index (κ2) is 6.60. The molecule has 2 aromatic rings. The molecule has 0 saturated heterocycles. The summed E-state index contributed by atoms with van der Waals surface area (Å²) in [6.07, 6.45) is 0.741. The third kappa shape index (κ3) is 3.19. The van der Waals surface area contributed by atoms with Crippen molar-refractivity contribution in [2.45, 2.75) is 24.8 Å². The smallest absolute Gasteiger partial charge is 0.312 e. The molecule has 0 radical (unpaired) electrons. The molecule has 1 heterocycles. The number of benzene rings is 2. The second-order valence-corrected chi connectivity index (χ2v) is 7.83. The maximum Gasteiger partial charge on any atom is 0.312 e. The summed E-state index contributed by atoms with van der Waals surface area (Å²) in [7, 11) is 0. The molecule has 1 fully saturated rings. The maximum atomic E-state index is 13.0. The number of hydrogen-bond acceptors (Lipinski definition) is 2. The molecule has 2 aromatic carbocycles. The third-order valence-corrected chi connectivity index (χ3v) is 5.66. The zero-order valence-corrected chi connectivity index (χ0v) is 15.4. The fourth-order valence-corrected chi connectivity index (χ4v) is 4.39. The molecule has 6 heteroatoms. The van der Waals surface area contributed by atoms with Crippen LogP contribution in [0.2, 0.25) is 10.0 Å². The Morgan fingerprint density at radius 2 is 1.77 bits per heavy atom. The van der Waals surface area contributed by atoms with Crippen LogP contribution in [0.1, 0.15) is 34.9 Å². The first kappa shape index (κ1) is 17.4. The molecule has 0 aromatic heterocycles. The topological polar surface area (TPSA) is 57.6 Å². The van der Waals surface area contributed by atoms with E-state index >= 15 is 0 Å². The summed E-state index contributed by atoms with van der Waals surface area (Å²) in [5, 5.41) is 10.7. The highest BCUT2D eigenvalue weighted by Crippen LogP contribution is 2.50. The molecular weight excluding hydrogens is 373 g/mol. The molecule has 1 saturated carbocycles. The Morgan fingerprint density at radius 1 is 1.08 bits per heavy atom. The van der Waals surface area contributed by atoms with Crippen molar-refractivity contribution in [3.8, 4) is 0 Å². The highest BCUT2D eigenvalue weighted by Gasteiger charge is 2.47. The van der Waals surface area contributed by atoms with E-state index in [2.05, 4.69) is 0 Å². The summed E-state index contributed by atoms with van der Waals surface area (Å²) >= 11 is 12.1. The van der Waals surface area contributed by atoms with Gasteiger partial charge in [0.25, 0.3) is 0 Å². The number of rotatable bonds is 3. The number of hydrogen-bond donors (Lipinski definition) is 1. The first-order chi connectivity index (χ1) is 12.4. The lowest BCUT2D eigenvalue weighted by molar-refractivity contribution is -0.141. The molecule has 0 bridgehead atoms. The predicted octanol–water partition coefficient (Wildman–Crippen LogP) is 4.31. The number of carboxylic acid groups (broad SMARTS) is 1. The van der Waals surface area contributed by atoms with Crippen LogP contribution in [0.5, 0.6) is 0 Å². The number of carboxylic acids is 1. The van der Waals surface area contributed by atoms with Gasteiger partial charge in [0, 0.05) is 29.1 Å². The third-order valence-electron chi connectivity index (χ3n) is 5.23. The van der Waals surface area contributed by atoms with Crippen LogP contribution in [0.4, 0.5) is 0 Å². The van der Waals surface area contributed by atoms with Gasteiger partial charge in [-0.25, -0.2) is 0 Å². The molecule has 1 amide bonds. The molecule has 0 spiro atoms. The molecule has 26 heavy (non-hydrogen) atoms. The van der Waals surface area contributed by atoms with Crippen molar-refractivity contribution in [3.63, 3.8) is 0 Å². The van der Waals surface area contributed by atoms with E-state index in [1.165, 1.54) is 0 Å². The number of aliphatic carboxylic acids is 1. The quantitative estimate of drug-likeness (QED) is 0.850. The van der Waals surface area contributed by atoms with E-state index in [1.807, 2.05) is 36.4 Å². The van der Waals surface area contributed by atoms with E-state index in [-0.39, 0.29) is 24.3 Å². The van der Waals surface area contributed by atoms with Gasteiger partial charge in [0.05, 0.1) is 5.92 Å². The van der Waals surface area contributed by atoms with Crippen LogP contribution in [0, 0.1) is 5.92 Å². The number of nitrogens with zero attached hydrogens (tertiary/aromatic N) is 1. The van der Waals surface area contributed by atoms with Gasteiger partial charge in [0.1, 0.15) is 0 Å². The lowest BCUT2D eigenvalue weighted by Gasteiger charge is -2.33. The fraction of sp³-hybridized carbons (Fsp3) is 0.300. The van der Waals surface area contributed by atoms with Gasteiger partial charge in [-0.3, -0.25) is 9.59 Å². The molecule has 4 nitrogen and oxygen atoms in total. The van der Waals surface area contributed by atoms with E-state index in [1.54, 1.807) is 11.0 Å².